The summed E-state index contributed by atoms with van der Waals surface area (Å²) in [5.41, 5.74) is 0.459. The SMILES string of the molecule is C=CCN(CC=C)C(=S)NC(=O)c1cccc(OCCOc2ccccc2)c1. The van der Waals surface area contributed by atoms with Gasteiger partial charge in [0.1, 0.15) is 24.7 Å². The molecular weight excluding hydrogens is 372 g/mol. The molecule has 0 spiro atoms. The van der Waals surface area contributed by atoms with Crippen molar-refractivity contribution in [3.63, 3.8) is 0 Å². The summed E-state index contributed by atoms with van der Waals surface area (Å²) in [6.45, 7) is 9.21. The average Bonchev–Trinajstić information content (AvgIpc) is 2.72. The molecule has 0 atom stereocenters. The van der Waals surface area contributed by atoms with E-state index in [1.165, 1.54) is 0 Å². The van der Waals surface area contributed by atoms with Gasteiger partial charge >= 0.3 is 0 Å². The fourth-order valence-corrected chi connectivity index (χ4v) is 2.61. The maximum Gasteiger partial charge on any atom is 0.257 e. The van der Waals surface area contributed by atoms with Crippen LogP contribution in [0.3, 0.4) is 0 Å². The summed E-state index contributed by atoms with van der Waals surface area (Å²) in [5.74, 6) is 1.08. The maximum absolute atomic E-state index is 12.5. The number of ether oxygens (including phenoxy) is 2. The Bertz CT molecular complexity index is 798. The Morgan fingerprint density at radius 2 is 1.57 bits per heavy atom. The molecule has 0 heterocycles. The van der Waals surface area contributed by atoms with E-state index in [-0.39, 0.29) is 5.91 Å². The normalized spacial score (nSPS) is 9.86. The number of amides is 1. The van der Waals surface area contributed by atoms with Gasteiger partial charge in [0, 0.05) is 18.7 Å². The lowest BCUT2D eigenvalue weighted by atomic mass is 10.2. The highest BCUT2D eigenvalue weighted by molar-refractivity contribution is 7.80. The van der Waals surface area contributed by atoms with E-state index in [1.54, 1.807) is 41.3 Å². The molecule has 6 heteroatoms. The standard InChI is InChI=1S/C22H24N2O3S/c1-3-13-24(14-4-2)22(28)23-21(25)18-9-8-12-20(17-18)27-16-15-26-19-10-6-5-7-11-19/h3-12,17H,1-2,13-16H2,(H,23,25,28). The summed E-state index contributed by atoms with van der Waals surface area (Å²) < 4.78 is 11.3. The zero-order valence-electron chi connectivity index (χ0n) is 15.7. The average molecular weight is 397 g/mol. The largest absolute Gasteiger partial charge is 0.490 e. The van der Waals surface area contributed by atoms with Crippen LogP contribution >= 0.6 is 12.2 Å². The molecule has 0 aliphatic heterocycles. The lowest BCUT2D eigenvalue weighted by Gasteiger charge is -2.22. The van der Waals surface area contributed by atoms with Crippen LogP contribution in [0.2, 0.25) is 0 Å². The minimum absolute atomic E-state index is 0.297. The first-order valence-corrected chi connectivity index (χ1v) is 9.27. The summed E-state index contributed by atoms with van der Waals surface area (Å²) in [7, 11) is 0. The smallest absolute Gasteiger partial charge is 0.257 e. The fraction of sp³-hybridized carbons (Fsp3) is 0.182. The van der Waals surface area contributed by atoms with Crippen LogP contribution in [0.1, 0.15) is 10.4 Å². The van der Waals surface area contributed by atoms with Crippen molar-refractivity contribution in [1.82, 2.24) is 10.2 Å². The molecule has 146 valence electrons. The molecule has 28 heavy (non-hydrogen) atoms. The first-order valence-electron chi connectivity index (χ1n) is 8.86. The van der Waals surface area contributed by atoms with Crippen molar-refractivity contribution in [2.45, 2.75) is 0 Å². The van der Waals surface area contributed by atoms with Gasteiger partial charge in [-0.15, -0.1) is 13.2 Å². The third kappa shape index (κ3) is 6.89. The van der Waals surface area contributed by atoms with E-state index in [4.69, 9.17) is 21.7 Å². The first kappa shape index (κ1) is 21.2. The van der Waals surface area contributed by atoms with Gasteiger partial charge in [-0.2, -0.15) is 0 Å². The van der Waals surface area contributed by atoms with Crippen molar-refractivity contribution in [1.29, 1.82) is 0 Å². The van der Waals surface area contributed by atoms with Gasteiger partial charge in [0.25, 0.3) is 5.91 Å². The number of carbonyl (C=O) groups is 1. The molecule has 0 aliphatic carbocycles. The van der Waals surface area contributed by atoms with E-state index in [0.29, 0.717) is 42.7 Å². The van der Waals surface area contributed by atoms with Gasteiger partial charge in [0.15, 0.2) is 5.11 Å². The monoisotopic (exact) mass is 396 g/mol. The van der Waals surface area contributed by atoms with Crippen LogP contribution in [-0.4, -0.2) is 42.2 Å². The summed E-state index contributed by atoms with van der Waals surface area (Å²) in [6, 6.07) is 16.4. The van der Waals surface area contributed by atoms with Gasteiger partial charge in [0.05, 0.1) is 0 Å². The Kier molecular flexibility index (Phi) is 8.75. The van der Waals surface area contributed by atoms with Crippen LogP contribution in [-0.2, 0) is 0 Å². The van der Waals surface area contributed by atoms with E-state index in [2.05, 4.69) is 18.5 Å². The molecule has 1 N–H and O–H groups in total. The van der Waals surface area contributed by atoms with Crippen LogP contribution in [0.5, 0.6) is 11.5 Å². The molecule has 0 radical (unpaired) electrons. The van der Waals surface area contributed by atoms with E-state index in [9.17, 15) is 4.79 Å². The van der Waals surface area contributed by atoms with Crippen LogP contribution in [0.4, 0.5) is 0 Å². The maximum atomic E-state index is 12.5. The Labute approximate surface area is 171 Å². The number of para-hydroxylation sites is 1. The molecule has 0 unspecified atom stereocenters. The molecule has 1 amide bonds. The Morgan fingerprint density at radius 1 is 0.964 bits per heavy atom. The van der Waals surface area contributed by atoms with Crippen LogP contribution in [0.15, 0.2) is 79.9 Å². The number of carbonyl (C=O) groups excluding carboxylic acids is 1. The molecule has 0 bridgehead atoms. The van der Waals surface area contributed by atoms with Crippen molar-refractivity contribution in [3.05, 3.63) is 85.5 Å². The molecule has 2 rings (SSSR count). The number of benzene rings is 2. The Balaban J connectivity index is 1.86. The highest BCUT2D eigenvalue weighted by atomic mass is 32.1. The van der Waals surface area contributed by atoms with Crippen molar-refractivity contribution >= 4 is 23.2 Å². The minimum Gasteiger partial charge on any atom is -0.490 e. The van der Waals surface area contributed by atoms with Crippen LogP contribution < -0.4 is 14.8 Å². The minimum atomic E-state index is -0.297. The highest BCUT2D eigenvalue weighted by Crippen LogP contribution is 2.14. The second kappa shape index (κ2) is 11.6. The highest BCUT2D eigenvalue weighted by Gasteiger charge is 2.12. The molecule has 0 saturated carbocycles. The van der Waals surface area contributed by atoms with E-state index < -0.39 is 0 Å². The van der Waals surface area contributed by atoms with E-state index in [1.807, 2.05) is 30.3 Å². The Morgan fingerprint density at radius 3 is 2.21 bits per heavy atom. The van der Waals surface area contributed by atoms with Crippen molar-refractivity contribution in [2.24, 2.45) is 0 Å². The predicted octanol–water partition coefficient (Wildman–Crippen LogP) is 3.83. The molecule has 5 nitrogen and oxygen atoms in total. The summed E-state index contributed by atoms with van der Waals surface area (Å²) in [4.78, 5) is 14.3. The number of hydrogen-bond acceptors (Lipinski definition) is 4. The second-order valence-electron chi connectivity index (χ2n) is 5.78. The lowest BCUT2D eigenvalue weighted by Crippen LogP contribution is -2.42. The molecule has 2 aromatic rings. The summed E-state index contributed by atoms with van der Waals surface area (Å²) in [5, 5.41) is 3.05. The van der Waals surface area contributed by atoms with Gasteiger partial charge in [-0.1, -0.05) is 36.4 Å². The molecule has 0 saturated heterocycles. The van der Waals surface area contributed by atoms with Crippen LogP contribution in [0, 0.1) is 0 Å². The van der Waals surface area contributed by atoms with Gasteiger partial charge in [0.2, 0.25) is 0 Å². The summed E-state index contributed by atoms with van der Waals surface area (Å²) >= 11 is 5.30. The molecule has 0 aliphatic rings. The molecule has 0 aromatic heterocycles. The van der Waals surface area contributed by atoms with Gasteiger partial charge in [-0.3, -0.25) is 10.1 Å². The summed E-state index contributed by atoms with van der Waals surface area (Å²) in [6.07, 6.45) is 3.43. The van der Waals surface area contributed by atoms with Gasteiger partial charge < -0.3 is 14.4 Å². The topological polar surface area (TPSA) is 50.8 Å². The number of thiocarbonyl (C=S) groups is 1. The van der Waals surface area contributed by atoms with Gasteiger partial charge in [-0.05, 0) is 42.5 Å². The first-order chi connectivity index (χ1) is 13.6. The molecular formula is C22H24N2O3S. The number of rotatable bonds is 10. The third-order valence-electron chi connectivity index (χ3n) is 3.67. The van der Waals surface area contributed by atoms with E-state index in [0.717, 1.165) is 5.75 Å². The fourth-order valence-electron chi connectivity index (χ4n) is 2.36. The molecule has 2 aromatic carbocycles. The number of nitrogens with zero attached hydrogens (tertiary/aromatic N) is 1. The van der Waals surface area contributed by atoms with Crippen molar-refractivity contribution in [3.8, 4) is 11.5 Å². The zero-order valence-corrected chi connectivity index (χ0v) is 16.5. The number of hydrogen-bond donors (Lipinski definition) is 1. The van der Waals surface area contributed by atoms with E-state index >= 15 is 0 Å². The van der Waals surface area contributed by atoms with Crippen molar-refractivity contribution in [2.75, 3.05) is 26.3 Å². The zero-order chi connectivity index (χ0) is 20.2. The van der Waals surface area contributed by atoms with Crippen LogP contribution in [0.25, 0.3) is 0 Å². The van der Waals surface area contributed by atoms with Gasteiger partial charge in [-0.25, -0.2) is 0 Å². The molecule has 0 fully saturated rings. The second-order valence-corrected chi connectivity index (χ2v) is 6.17. The quantitative estimate of drug-likeness (QED) is 0.376. The predicted molar refractivity (Wildman–Crippen MR) is 116 cm³/mol. The lowest BCUT2D eigenvalue weighted by molar-refractivity contribution is 0.0973. The Hall–Kier alpha value is -3.12. The number of nitrogens with one attached hydrogen (secondary N) is 1. The van der Waals surface area contributed by atoms with Crippen molar-refractivity contribution < 1.29 is 14.3 Å². The third-order valence-corrected chi connectivity index (χ3v) is 4.03.